The first-order valence-corrected chi connectivity index (χ1v) is 6.26. The lowest BCUT2D eigenvalue weighted by Crippen LogP contribution is -2.25. The molecule has 1 N–H and O–H groups in total. The predicted octanol–water partition coefficient (Wildman–Crippen LogP) is 3.23. The average molecular weight is 271 g/mol. The Morgan fingerprint density at radius 2 is 1.84 bits per heavy atom. The standard InChI is InChI=1S/C14H19F2NO2/c1-3-8-17-12(9-13(18)19-2)10-4-6-11(7-5-10)14(15)16/h4-7,12,14,17H,3,8-9H2,1-2H3. The maximum atomic E-state index is 12.5. The highest BCUT2D eigenvalue weighted by atomic mass is 19.3. The SMILES string of the molecule is CCCNC(CC(=O)OC)c1ccc(C(F)F)cc1. The summed E-state index contributed by atoms with van der Waals surface area (Å²) in [7, 11) is 1.33. The topological polar surface area (TPSA) is 38.3 Å². The Kier molecular flexibility index (Phi) is 6.42. The first-order valence-electron chi connectivity index (χ1n) is 6.26. The van der Waals surface area contributed by atoms with Crippen LogP contribution < -0.4 is 5.32 Å². The summed E-state index contributed by atoms with van der Waals surface area (Å²) in [6, 6.07) is 5.81. The molecule has 1 aromatic carbocycles. The maximum Gasteiger partial charge on any atom is 0.307 e. The van der Waals surface area contributed by atoms with Crippen molar-refractivity contribution in [3.8, 4) is 0 Å². The normalized spacial score (nSPS) is 12.5. The van der Waals surface area contributed by atoms with Crippen molar-refractivity contribution in [3.05, 3.63) is 35.4 Å². The molecule has 0 spiro atoms. The minimum absolute atomic E-state index is 0.0175. The van der Waals surface area contributed by atoms with Crippen molar-refractivity contribution in [2.75, 3.05) is 13.7 Å². The van der Waals surface area contributed by atoms with Gasteiger partial charge in [-0.25, -0.2) is 8.78 Å². The predicted molar refractivity (Wildman–Crippen MR) is 69.1 cm³/mol. The van der Waals surface area contributed by atoms with Crippen LogP contribution in [0, 0.1) is 0 Å². The van der Waals surface area contributed by atoms with Crippen LogP contribution in [-0.4, -0.2) is 19.6 Å². The zero-order chi connectivity index (χ0) is 14.3. The molecular weight excluding hydrogens is 252 g/mol. The van der Waals surface area contributed by atoms with Gasteiger partial charge in [-0.05, 0) is 18.5 Å². The number of esters is 1. The second-order valence-corrected chi connectivity index (χ2v) is 4.25. The number of methoxy groups -OCH3 is 1. The van der Waals surface area contributed by atoms with E-state index in [-0.39, 0.29) is 24.0 Å². The van der Waals surface area contributed by atoms with Gasteiger partial charge in [0.25, 0.3) is 6.43 Å². The van der Waals surface area contributed by atoms with Gasteiger partial charge in [-0.3, -0.25) is 4.79 Å². The fourth-order valence-corrected chi connectivity index (χ4v) is 1.75. The molecule has 0 saturated carbocycles. The fourth-order valence-electron chi connectivity index (χ4n) is 1.75. The van der Waals surface area contributed by atoms with Gasteiger partial charge in [0, 0.05) is 11.6 Å². The minimum Gasteiger partial charge on any atom is -0.469 e. The largest absolute Gasteiger partial charge is 0.469 e. The van der Waals surface area contributed by atoms with Crippen LogP contribution in [-0.2, 0) is 9.53 Å². The lowest BCUT2D eigenvalue weighted by Gasteiger charge is -2.18. The molecule has 0 aromatic heterocycles. The zero-order valence-corrected chi connectivity index (χ0v) is 11.2. The molecule has 106 valence electrons. The second kappa shape index (κ2) is 7.84. The van der Waals surface area contributed by atoms with E-state index in [0.29, 0.717) is 0 Å². The van der Waals surface area contributed by atoms with Crippen molar-refractivity contribution < 1.29 is 18.3 Å². The molecule has 0 saturated heterocycles. The first-order chi connectivity index (χ1) is 9.08. The van der Waals surface area contributed by atoms with Crippen molar-refractivity contribution in [2.45, 2.75) is 32.2 Å². The van der Waals surface area contributed by atoms with E-state index < -0.39 is 6.43 Å². The van der Waals surface area contributed by atoms with Gasteiger partial charge >= 0.3 is 5.97 Å². The van der Waals surface area contributed by atoms with Crippen LogP contribution in [0.3, 0.4) is 0 Å². The van der Waals surface area contributed by atoms with E-state index in [9.17, 15) is 13.6 Å². The molecule has 3 nitrogen and oxygen atoms in total. The molecule has 1 rings (SSSR count). The van der Waals surface area contributed by atoms with Crippen molar-refractivity contribution in [3.63, 3.8) is 0 Å². The van der Waals surface area contributed by atoms with Crippen LogP contribution in [0.5, 0.6) is 0 Å². The average Bonchev–Trinajstić information content (AvgIpc) is 2.43. The molecule has 19 heavy (non-hydrogen) atoms. The summed E-state index contributed by atoms with van der Waals surface area (Å²) < 4.78 is 29.6. The Balaban J connectivity index is 2.80. The van der Waals surface area contributed by atoms with Gasteiger partial charge in [0.05, 0.1) is 13.5 Å². The van der Waals surface area contributed by atoms with Crippen molar-refractivity contribution in [1.82, 2.24) is 5.32 Å². The highest BCUT2D eigenvalue weighted by Gasteiger charge is 2.16. The summed E-state index contributed by atoms with van der Waals surface area (Å²) in [6.07, 6.45) is -1.37. The third kappa shape index (κ3) is 4.95. The molecule has 1 aromatic rings. The van der Waals surface area contributed by atoms with Crippen molar-refractivity contribution in [2.24, 2.45) is 0 Å². The first kappa shape index (κ1) is 15.6. The molecule has 0 fully saturated rings. The molecule has 1 atom stereocenters. The number of carbonyl (C=O) groups excluding carboxylic acids is 1. The van der Waals surface area contributed by atoms with Crippen LogP contribution in [0.25, 0.3) is 0 Å². The molecular formula is C14H19F2NO2. The minimum atomic E-state index is -2.48. The summed E-state index contributed by atoms with van der Waals surface area (Å²) in [5.41, 5.74) is 0.791. The van der Waals surface area contributed by atoms with Crippen LogP contribution in [0.2, 0.25) is 0 Å². The van der Waals surface area contributed by atoms with Gasteiger partial charge in [-0.1, -0.05) is 31.2 Å². The monoisotopic (exact) mass is 271 g/mol. The molecule has 0 heterocycles. The Labute approximate surface area is 112 Å². The molecule has 0 aliphatic carbocycles. The fraction of sp³-hybridized carbons (Fsp3) is 0.500. The highest BCUT2D eigenvalue weighted by molar-refractivity contribution is 5.70. The molecule has 0 radical (unpaired) electrons. The van der Waals surface area contributed by atoms with Crippen molar-refractivity contribution in [1.29, 1.82) is 0 Å². The van der Waals surface area contributed by atoms with E-state index in [1.807, 2.05) is 6.92 Å². The van der Waals surface area contributed by atoms with E-state index in [2.05, 4.69) is 10.1 Å². The third-order valence-electron chi connectivity index (χ3n) is 2.83. The van der Waals surface area contributed by atoms with Gasteiger partial charge in [0.1, 0.15) is 0 Å². The quantitative estimate of drug-likeness (QED) is 0.774. The third-order valence-corrected chi connectivity index (χ3v) is 2.83. The Morgan fingerprint density at radius 3 is 2.32 bits per heavy atom. The summed E-state index contributed by atoms with van der Waals surface area (Å²) in [5, 5.41) is 3.21. The second-order valence-electron chi connectivity index (χ2n) is 4.25. The van der Waals surface area contributed by atoms with Gasteiger partial charge in [-0.15, -0.1) is 0 Å². The lowest BCUT2D eigenvalue weighted by molar-refractivity contribution is -0.141. The van der Waals surface area contributed by atoms with Gasteiger partial charge in [-0.2, -0.15) is 0 Å². The number of carbonyl (C=O) groups is 1. The Morgan fingerprint density at radius 1 is 1.26 bits per heavy atom. The number of benzene rings is 1. The van der Waals surface area contributed by atoms with Gasteiger partial charge in [0.15, 0.2) is 0 Å². The van der Waals surface area contributed by atoms with Crippen LogP contribution >= 0.6 is 0 Å². The van der Waals surface area contributed by atoms with Crippen LogP contribution in [0.4, 0.5) is 8.78 Å². The molecule has 0 aliphatic rings. The van der Waals surface area contributed by atoms with Gasteiger partial charge < -0.3 is 10.1 Å². The van der Waals surface area contributed by atoms with E-state index in [4.69, 9.17) is 0 Å². The molecule has 0 amide bonds. The smallest absolute Gasteiger partial charge is 0.307 e. The Hall–Kier alpha value is -1.49. The number of nitrogens with one attached hydrogen (secondary N) is 1. The van der Waals surface area contributed by atoms with Gasteiger partial charge in [0.2, 0.25) is 0 Å². The highest BCUT2D eigenvalue weighted by Crippen LogP contribution is 2.23. The molecule has 0 bridgehead atoms. The van der Waals surface area contributed by atoms with Crippen LogP contribution in [0.15, 0.2) is 24.3 Å². The van der Waals surface area contributed by atoms with E-state index >= 15 is 0 Å². The van der Waals surface area contributed by atoms with E-state index in [1.165, 1.54) is 19.2 Å². The summed E-state index contributed by atoms with van der Waals surface area (Å²) in [5.74, 6) is -0.327. The number of hydrogen-bond acceptors (Lipinski definition) is 3. The lowest BCUT2D eigenvalue weighted by atomic mass is 10.0. The molecule has 1 unspecified atom stereocenters. The molecule has 5 heteroatoms. The summed E-state index contributed by atoms with van der Waals surface area (Å²) in [6.45, 7) is 2.76. The molecule has 0 aliphatic heterocycles. The summed E-state index contributed by atoms with van der Waals surface area (Å²) >= 11 is 0. The van der Waals surface area contributed by atoms with Crippen molar-refractivity contribution >= 4 is 5.97 Å². The summed E-state index contributed by atoms with van der Waals surface area (Å²) in [4.78, 5) is 11.4. The van der Waals surface area contributed by atoms with E-state index in [1.54, 1.807) is 12.1 Å². The van der Waals surface area contributed by atoms with E-state index in [0.717, 1.165) is 18.5 Å². The number of rotatable bonds is 7. The number of alkyl halides is 2. The number of halogens is 2. The number of ether oxygens (including phenoxy) is 1. The maximum absolute atomic E-state index is 12.5. The Bertz CT molecular complexity index is 393. The number of hydrogen-bond donors (Lipinski definition) is 1. The zero-order valence-electron chi connectivity index (χ0n) is 11.2. The van der Waals surface area contributed by atoms with Crippen LogP contribution in [0.1, 0.15) is 43.4 Å².